The van der Waals surface area contributed by atoms with Crippen LogP contribution in [0.4, 0.5) is 0 Å². The molecule has 0 spiro atoms. The number of carbonyl (C=O) groups is 1. The van der Waals surface area contributed by atoms with Crippen molar-refractivity contribution in [3.05, 3.63) is 28.5 Å². The van der Waals surface area contributed by atoms with E-state index >= 15 is 0 Å². The SMILES string of the molecule is CSc1nc(C(=O)N2CCCn3nc([C@@H](O)C4CCC4)cc3C2)cs1. The van der Waals surface area contributed by atoms with E-state index < -0.39 is 6.10 Å². The molecule has 0 unspecified atom stereocenters. The molecule has 1 atom stereocenters. The van der Waals surface area contributed by atoms with Gasteiger partial charge in [-0.15, -0.1) is 11.3 Å². The van der Waals surface area contributed by atoms with Crippen LogP contribution in [0.15, 0.2) is 15.8 Å². The second kappa shape index (κ2) is 7.09. The summed E-state index contributed by atoms with van der Waals surface area (Å²) in [5.74, 6) is 0.323. The van der Waals surface area contributed by atoms with Gasteiger partial charge in [0.25, 0.3) is 5.91 Å². The number of hydrogen-bond acceptors (Lipinski definition) is 6. The fraction of sp³-hybridized carbons (Fsp3) is 0.588. The number of rotatable bonds is 4. The Kier molecular flexibility index (Phi) is 4.84. The van der Waals surface area contributed by atoms with Crippen molar-refractivity contribution >= 4 is 29.0 Å². The molecule has 2 aromatic heterocycles. The van der Waals surface area contributed by atoms with Crippen molar-refractivity contribution in [3.63, 3.8) is 0 Å². The van der Waals surface area contributed by atoms with Crippen LogP contribution < -0.4 is 0 Å². The molecule has 1 N–H and O–H groups in total. The highest BCUT2D eigenvalue weighted by molar-refractivity contribution is 8.00. The van der Waals surface area contributed by atoms with Crippen molar-refractivity contribution in [1.29, 1.82) is 0 Å². The normalized spacial score (nSPS) is 19.2. The lowest BCUT2D eigenvalue weighted by Crippen LogP contribution is -2.31. The zero-order valence-corrected chi connectivity index (χ0v) is 15.9. The fourth-order valence-electron chi connectivity index (χ4n) is 3.41. The number of thioether (sulfide) groups is 1. The van der Waals surface area contributed by atoms with E-state index in [1.165, 1.54) is 17.8 Å². The Morgan fingerprint density at radius 1 is 1.40 bits per heavy atom. The Morgan fingerprint density at radius 2 is 2.24 bits per heavy atom. The summed E-state index contributed by atoms with van der Waals surface area (Å²) in [6.07, 6.45) is 5.71. The highest BCUT2D eigenvalue weighted by Gasteiger charge is 2.30. The van der Waals surface area contributed by atoms with E-state index in [0.717, 1.165) is 41.5 Å². The van der Waals surface area contributed by atoms with Crippen molar-refractivity contribution in [2.75, 3.05) is 12.8 Å². The lowest BCUT2D eigenvalue weighted by Gasteiger charge is -2.29. The summed E-state index contributed by atoms with van der Waals surface area (Å²) in [5.41, 5.74) is 2.28. The number of fused-ring (bicyclic) bond motifs is 1. The quantitative estimate of drug-likeness (QED) is 0.828. The van der Waals surface area contributed by atoms with Crippen molar-refractivity contribution in [3.8, 4) is 0 Å². The number of aliphatic hydroxyl groups is 1. The molecule has 1 amide bonds. The van der Waals surface area contributed by atoms with Gasteiger partial charge in [-0.05, 0) is 37.5 Å². The molecule has 0 aromatic carbocycles. The van der Waals surface area contributed by atoms with Crippen molar-refractivity contribution in [1.82, 2.24) is 19.7 Å². The maximum Gasteiger partial charge on any atom is 0.273 e. The van der Waals surface area contributed by atoms with Gasteiger partial charge in [-0.3, -0.25) is 9.48 Å². The van der Waals surface area contributed by atoms with Crippen LogP contribution in [0.3, 0.4) is 0 Å². The molecule has 25 heavy (non-hydrogen) atoms. The molecule has 1 aliphatic heterocycles. The van der Waals surface area contributed by atoms with Gasteiger partial charge in [-0.2, -0.15) is 5.10 Å². The molecular weight excluding hydrogens is 356 g/mol. The Hall–Kier alpha value is -1.38. The standard InChI is InChI=1S/C17H22N4O2S2/c1-24-17-18-14(10-25-17)16(23)20-6-3-7-21-12(9-20)8-13(19-21)15(22)11-4-2-5-11/h8,10-11,15,22H,2-7,9H2,1H3/t15-/m0/s1. The van der Waals surface area contributed by atoms with Gasteiger partial charge in [0.05, 0.1) is 17.9 Å². The monoisotopic (exact) mass is 378 g/mol. The van der Waals surface area contributed by atoms with Crippen LogP contribution in [0.5, 0.6) is 0 Å². The zero-order valence-electron chi connectivity index (χ0n) is 14.2. The molecule has 134 valence electrons. The number of nitrogens with zero attached hydrogens (tertiary/aromatic N) is 4. The average Bonchev–Trinajstić information content (AvgIpc) is 3.15. The predicted octanol–water partition coefficient (Wildman–Crippen LogP) is 2.94. The van der Waals surface area contributed by atoms with E-state index in [1.807, 2.05) is 27.3 Å². The van der Waals surface area contributed by atoms with Crippen LogP contribution in [0.1, 0.15) is 53.7 Å². The number of hydrogen-bond donors (Lipinski definition) is 1. The first kappa shape index (κ1) is 17.1. The highest BCUT2D eigenvalue weighted by atomic mass is 32.2. The van der Waals surface area contributed by atoms with Crippen LogP contribution in [-0.2, 0) is 13.1 Å². The third-order valence-corrected chi connectivity index (χ3v) is 6.96. The van der Waals surface area contributed by atoms with Crippen LogP contribution in [0.25, 0.3) is 0 Å². The van der Waals surface area contributed by atoms with Crippen molar-refractivity contribution in [2.45, 2.75) is 49.2 Å². The number of aliphatic hydroxyl groups excluding tert-OH is 1. The summed E-state index contributed by atoms with van der Waals surface area (Å²) in [4.78, 5) is 19.0. The average molecular weight is 379 g/mol. The summed E-state index contributed by atoms with van der Waals surface area (Å²) in [6.45, 7) is 2.01. The Balaban J connectivity index is 1.52. The molecule has 6 nitrogen and oxygen atoms in total. The van der Waals surface area contributed by atoms with E-state index in [1.54, 1.807) is 11.8 Å². The maximum absolute atomic E-state index is 12.8. The minimum atomic E-state index is -0.472. The van der Waals surface area contributed by atoms with Gasteiger partial charge >= 0.3 is 0 Å². The molecule has 3 heterocycles. The molecule has 1 fully saturated rings. The maximum atomic E-state index is 12.8. The Labute approximate surface area is 155 Å². The Bertz CT molecular complexity index is 769. The molecule has 1 saturated carbocycles. The van der Waals surface area contributed by atoms with Crippen LogP contribution in [-0.4, -0.2) is 43.5 Å². The minimum Gasteiger partial charge on any atom is -0.386 e. The summed E-state index contributed by atoms with van der Waals surface area (Å²) >= 11 is 3.06. The third-order valence-electron chi connectivity index (χ3n) is 5.10. The van der Waals surface area contributed by atoms with Gasteiger partial charge in [0.2, 0.25) is 0 Å². The van der Waals surface area contributed by atoms with E-state index in [9.17, 15) is 9.90 Å². The highest BCUT2D eigenvalue weighted by Crippen LogP contribution is 2.37. The molecule has 4 rings (SSSR count). The molecule has 0 saturated heterocycles. The zero-order chi connectivity index (χ0) is 17.4. The molecule has 0 bridgehead atoms. The fourth-order valence-corrected chi connectivity index (χ4v) is 4.65. The minimum absolute atomic E-state index is 0.0210. The van der Waals surface area contributed by atoms with E-state index in [-0.39, 0.29) is 5.91 Å². The topological polar surface area (TPSA) is 71.2 Å². The smallest absolute Gasteiger partial charge is 0.273 e. The van der Waals surface area contributed by atoms with Gasteiger partial charge in [0, 0.05) is 18.5 Å². The first-order valence-electron chi connectivity index (χ1n) is 8.69. The van der Waals surface area contributed by atoms with Crippen molar-refractivity contribution in [2.24, 2.45) is 5.92 Å². The summed E-state index contributed by atoms with van der Waals surface area (Å²) in [5, 5.41) is 16.9. The molecule has 8 heteroatoms. The number of thiazole rings is 1. The first-order chi connectivity index (χ1) is 12.2. The van der Waals surface area contributed by atoms with Crippen molar-refractivity contribution < 1.29 is 9.90 Å². The summed E-state index contributed by atoms with van der Waals surface area (Å²) < 4.78 is 2.87. The Morgan fingerprint density at radius 3 is 2.92 bits per heavy atom. The lowest BCUT2D eigenvalue weighted by atomic mass is 9.80. The number of carbonyl (C=O) groups excluding carboxylic acids is 1. The van der Waals surface area contributed by atoms with Crippen LogP contribution in [0.2, 0.25) is 0 Å². The number of amides is 1. The van der Waals surface area contributed by atoms with E-state index in [0.29, 0.717) is 24.7 Å². The molecular formula is C17H22N4O2S2. The number of aryl methyl sites for hydroxylation is 1. The van der Waals surface area contributed by atoms with Gasteiger partial charge in [-0.25, -0.2) is 4.98 Å². The first-order valence-corrected chi connectivity index (χ1v) is 10.8. The molecule has 0 radical (unpaired) electrons. The molecule has 2 aromatic rings. The third kappa shape index (κ3) is 3.35. The van der Waals surface area contributed by atoms with Crippen LogP contribution >= 0.6 is 23.1 Å². The van der Waals surface area contributed by atoms with Gasteiger partial charge in [0.15, 0.2) is 0 Å². The van der Waals surface area contributed by atoms with Gasteiger partial charge < -0.3 is 10.0 Å². The predicted molar refractivity (Wildman–Crippen MR) is 97.8 cm³/mol. The van der Waals surface area contributed by atoms with Gasteiger partial charge in [-0.1, -0.05) is 18.2 Å². The summed E-state index contributed by atoms with van der Waals surface area (Å²) in [6, 6.07) is 1.98. The van der Waals surface area contributed by atoms with Crippen LogP contribution in [0, 0.1) is 5.92 Å². The molecule has 2 aliphatic rings. The molecule has 1 aliphatic carbocycles. The largest absolute Gasteiger partial charge is 0.386 e. The summed E-state index contributed by atoms with van der Waals surface area (Å²) in [7, 11) is 0. The second-order valence-electron chi connectivity index (χ2n) is 6.70. The number of aromatic nitrogens is 3. The van der Waals surface area contributed by atoms with E-state index in [2.05, 4.69) is 10.1 Å². The lowest BCUT2D eigenvalue weighted by molar-refractivity contribution is 0.0580. The van der Waals surface area contributed by atoms with Gasteiger partial charge in [0.1, 0.15) is 16.1 Å². The second-order valence-corrected chi connectivity index (χ2v) is 8.61. The van der Waals surface area contributed by atoms with E-state index in [4.69, 9.17) is 0 Å².